The molecular formula is C15H14BrFO. The predicted molar refractivity (Wildman–Crippen MR) is 73.9 cm³/mol. The minimum absolute atomic E-state index is 0.273. The molecule has 2 aromatic carbocycles. The van der Waals surface area contributed by atoms with Gasteiger partial charge in [0.2, 0.25) is 0 Å². The molecule has 0 fully saturated rings. The van der Waals surface area contributed by atoms with Crippen LogP contribution in [0.2, 0.25) is 0 Å². The quantitative estimate of drug-likeness (QED) is 0.902. The maximum atomic E-state index is 13.6. The summed E-state index contributed by atoms with van der Waals surface area (Å²) < 4.78 is 14.4. The first-order chi connectivity index (χ1) is 8.56. The van der Waals surface area contributed by atoms with Gasteiger partial charge in [-0.3, -0.25) is 0 Å². The van der Waals surface area contributed by atoms with Crippen molar-refractivity contribution in [1.82, 2.24) is 0 Å². The van der Waals surface area contributed by atoms with E-state index in [2.05, 4.69) is 15.9 Å². The molecule has 0 spiro atoms. The van der Waals surface area contributed by atoms with Crippen LogP contribution in [0, 0.1) is 12.7 Å². The number of benzene rings is 2. The van der Waals surface area contributed by atoms with Crippen LogP contribution in [0.15, 0.2) is 46.9 Å². The number of aliphatic hydroxyl groups excluding tert-OH is 1. The van der Waals surface area contributed by atoms with Crippen LogP contribution in [0.4, 0.5) is 4.39 Å². The first-order valence-electron chi connectivity index (χ1n) is 5.75. The fraction of sp³-hybridized carbons (Fsp3) is 0.200. The third-order valence-electron chi connectivity index (χ3n) is 2.85. The molecule has 18 heavy (non-hydrogen) atoms. The average molecular weight is 309 g/mol. The van der Waals surface area contributed by atoms with Crippen LogP contribution in [-0.2, 0) is 6.42 Å². The highest BCUT2D eigenvalue weighted by Gasteiger charge is 2.12. The fourth-order valence-corrected chi connectivity index (χ4v) is 2.31. The Bertz CT molecular complexity index is 554. The molecule has 1 atom stereocenters. The lowest BCUT2D eigenvalue weighted by Gasteiger charge is -2.12. The molecule has 3 heteroatoms. The normalized spacial score (nSPS) is 12.4. The van der Waals surface area contributed by atoms with Gasteiger partial charge in [0, 0.05) is 10.9 Å². The second kappa shape index (κ2) is 5.63. The van der Waals surface area contributed by atoms with Crippen LogP contribution >= 0.6 is 15.9 Å². The van der Waals surface area contributed by atoms with E-state index in [4.69, 9.17) is 0 Å². The summed E-state index contributed by atoms with van der Waals surface area (Å²) in [4.78, 5) is 0. The van der Waals surface area contributed by atoms with E-state index >= 15 is 0 Å². The van der Waals surface area contributed by atoms with Gasteiger partial charge in [0.25, 0.3) is 0 Å². The predicted octanol–water partition coefficient (Wildman–Crippen LogP) is 4.17. The topological polar surface area (TPSA) is 20.2 Å². The maximum absolute atomic E-state index is 13.6. The van der Waals surface area contributed by atoms with Crippen LogP contribution in [0.25, 0.3) is 0 Å². The number of halogens is 2. The standard InChI is InChI=1S/C15H14BrFO/c1-10-3-2-4-11(7-10)15(18)9-12-8-13(16)5-6-14(12)17/h2-8,15,18H,9H2,1H3. The Hall–Kier alpha value is -1.19. The van der Waals surface area contributed by atoms with Crippen molar-refractivity contribution in [3.05, 3.63) is 69.4 Å². The second-order valence-corrected chi connectivity index (χ2v) is 5.29. The lowest BCUT2D eigenvalue weighted by atomic mass is 10.00. The van der Waals surface area contributed by atoms with Gasteiger partial charge in [-0.05, 0) is 36.2 Å². The van der Waals surface area contributed by atoms with Crippen LogP contribution in [0.5, 0.6) is 0 Å². The Labute approximate surface area is 114 Å². The summed E-state index contributed by atoms with van der Waals surface area (Å²) in [6.07, 6.45) is -0.414. The smallest absolute Gasteiger partial charge is 0.126 e. The van der Waals surface area contributed by atoms with Gasteiger partial charge < -0.3 is 5.11 Å². The van der Waals surface area contributed by atoms with Gasteiger partial charge >= 0.3 is 0 Å². The van der Waals surface area contributed by atoms with Crippen molar-refractivity contribution in [3.63, 3.8) is 0 Å². The fourth-order valence-electron chi connectivity index (χ4n) is 1.90. The van der Waals surface area contributed by atoms with Crippen molar-refractivity contribution < 1.29 is 9.50 Å². The lowest BCUT2D eigenvalue weighted by molar-refractivity contribution is 0.177. The molecule has 0 aromatic heterocycles. The molecule has 1 unspecified atom stereocenters. The molecule has 0 amide bonds. The highest BCUT2D eigenvalue weighted by Crippen LogP contribution is 2.23. The average Bonchev–Trinajstić information content (AvgIpc) is 2.34. The van der Waals surface area contributed by atoms with E-state index in [-0.39, 0.29) is 12.2 Å². The van der Waals surface area contributed by atoms with E-state index in [9.17, 15) is 9.50 Å². The Kier molecular flexibility index (Phi) is 4.15. The van der Waals surface area contributed by atoms with Crippen LogP contribution in [-0.4, -0.2) is 5.11 Å². The van der Waals surface area contributed by atoms with Crippen molar-refractivity contribution in [2.75, 3.05) is 0 Å². The van der Waals surface area contributed by atoms with Gasteiger partial charge in [-0.25, -0.2) is 4.39 Å². The summed E-state index contributed by atoms with van der Waals surface area (Å²) in [5, 5.41) is 10.1. The molecule has 1 nitrogen and oxygen atoms in total. The lowest BCUT2D eigenvalue weighted by Crippen LogP contribution is -2.03. The molecule has 0 bridgehead atoms. The van der Waals surface area contributed by atoms with E-state index in [1.165, 1.54) is 6.07 Å². The minimum Gasteiger partial charge on any atom is -0.388 e. The molecule has 1 N–H and O–H groups in total. The van der Waals surface area contributed by atoms with Crippen molar-refractivity contribution >= 4 is 15.9 Å². The van der Waals surface area contributed by atoms with Gasteiger partial charge in [-0.2, -0.15) is 0 Å². The molecule has 2 aromatic rings. The monoisotopic (exact) mass is 308 g/mol. The van der Waals surface area contributed by atoms with Crippen molar-refractivity contribution in [2.45, 2.75) is 19.4 Å². The summed E-state index contributed by atoms with van der Waals surface area (Å²) in [6, 6.07) is 12.4. The largest absolute Gasteiger partial charge is 0.388 e. The molecule has 94 valence electrons. The van der Waals surface area contributed by atoms with Crippen LogP contribution < -0.4 is 0 Å². The zero-order valence-electron chi connectivity index (χ0n) is 10.0. The number of hydrogen-bond acceptors (Lipinski definition) is 1. The van der Waals surface area contributed by atoms with Gasteiger partial charge in [-0.15, -0.1) is 0 Å². The molecule has 0 aliphatic carbocycles. The van der Waals surface area contributed by atoms with E-state index in [1.54, 1.807) is 12.1 Å². The van der Waals surface area contributed by atoms with Crippen molar-refractivity contribution in [2.24, 2.45) is 0 Å². The highest BCUT2D eigenvalue weighted by molar-refractivity contribution is 9.10. The van der Waals surface area contributed by atoms with Gasteiger partial charge in [0.15, 0.2) is 0 Å². The number of aliphatic hydroxyl groups is 1. The van der Waals surface area contributed by atoms with Crippen LogP contribution in [0.1, 0.15) is 22.8 Å². The Balaban J connectivity index is 2.21. The summed E-state index contributed by atoms with van der Waals surface area (Å²) in [5.74, 6) is -0.287. The highest BCUT2D eigenvalue weighted by atomic mass is 79.9. The Morgan fingerprint density at radius 2 is 2.00 bits per heavy atom. The van der Waals surface area contributed by atoms with Crippen molar-refractivity contribution in [1.29, 1.82) is 0 Å². The van der Waals surface area contributed by atoms with E-state index < -0.39 is 6.10 Å². The van der Waals surface area contributed by atoms with Gasteiger partial charge in [0.05, 0.1) is 6.10 Å². The molecule has 0 radical (unpaired) electrons. The van der Waals surface area contributed by atoms with E-state index in [1.807, 2.05) is 31.2 Å². The van der Waals surface area contributed by atoms with E-state index in [0.29, 0.717) is 5.56 Å². The third-order valence-corrected chi connectivity index (χ3v) is 3.34. The first kappa shape index (κ1) is 13.2. The molecular weight excluding hydrogens is 295 g/mol. The minimum atomic E-state index is -0.686. The van der Waals surface area contributed by atoms with Crippen LogP contribution in [0.3, 0.4) is 0 Å². The zero-order chi connectivity index (χ0) is 13.1. The SMILES string of the molecule is Cc1cccc(C(O)Cc2cc(Br)ccc2F)c1. The molecule has 2 rings (SSSR count). The summed E-state index contributed by atoms with van der Waals surface area (Å²) in [6.45, 7) is 1.97. The molecule has 0 saturated heterocycles. The summed E-state index contributed by atoms with van der Waals surface area (Å²) >= 11 is 3.31. The van der Waals surface area contributed by atoms with E-state index in [0.717, 1.165) is 15.6 Å². The second-order valence-electron chi connectivity index (χ2n) is 4.37. The van der Waals surface area contributed by atoms with Gasteiger partial charge in [-0.1, -0.05) is 45.8 Å². The number of aryl methyl sites for hydroxylation is 1. The Morgan fingerprint density at radius 1 is 1.22 bits per heavy atom. The number of rotatable bonds is 3. The zero-order valence-corrected chi connectivity index (χ0v) is 11.6. The summed E-state index contributed by atoms with van der Waals surface area (Å²) in [7, 11) is 0. The number of hydrogen-bond donors (Lipinski definition) is 1. The maximum Gasteiger partial charge on any atom is 0.126 e. The Morgan fingerprint density at radius 3 is 2.72 bits per heavy atom. The summed E-state index contributed by atoms with van der Waals surface area (Å²) in [5.41, 5.74) is 2.41. The van der Waals surface area contributed by atoms with Gasteiger partial charge in [0.1, 0.15) is 5.82 Å². The molecule has 0 aliphatic heterocycles. The molecule has 0 heterocycles. The first-order valence-corrected chi connectivity index (χ1v) is 6.54. The van der Waals surface area contributed by atoms with Crippen molar-refractivity contribution in [3.8, 4) is 0 Å². The third kappa shape index (κ3) is 3.18. The molecule has 0 aliphatic rings. The molecule has 0 saturated carbocycles.